The largest absolute Gasteiger partial charge is 0.387 e. The monoisotopic (exact) mass is 484 g/mol. The van der Waals surface area contributed by atoms with Crippen molar-refractivity contribution in [2.45, 2.75) is 91.9 Å². The van der Waals surface area contributed by atoms with Crippen molar-refractivity contribution in [2.24, 2.45) is 10.8 Å². The minimum atomic E-state index is -1.78. The van der Waals surface area contributed by atoms with Crippen molar-refractivity contribution in [1.29, 1.82) is 15.8 Å². The first kappa shape index (κ1) is 28.3. The highest BCUT2D eigenvalue weighted by atomic mass is 19.3. The Balaban J connectivity index is 1.85. The molecule has 0 saturated carbocycles. The Morgan fingerprint density at radius 2 is 1.34 bits per heavy atom. The summed E-state index contributed by atoms with van der Waals surface area (Å²) >= 11 is 0. The number of nitrogens with one attached hydrogen (secondary N) is 1. The molecule has 0 heterocycles. The van der Waals surface area contributed by atoms with E-state index in [1.54, 1.807) is 6.07 Å². The minimum absolute atomic E-state index is 0.0857. The Kier molecular flexibility index (Phi) is 9.79. The molecule has 4 nitrogen and oxygen atoms in total. The lowest BCUT2D eigenvalue weighted by Gasteiger charge is -2.33. The molecule has 0 atom stereocenters. The van der Waals surface area contributed by atoms with Crippen LogP contribution in [0.25, 0.3) is 0 Å². The number of halogens is 3. The highest BCUT2D eigenvalue weighted by molar-refractivity contribution is 5.52. The Labute approximate surface area is 207 Å². The molecule has 0 bridgehead atoms. The number of hydrogen-bond acceptors (Lipinski definition) is 4. The van der Waals surface area contributed by atoms with Crippen molar-refractivity contribution in [2.75, 3.05) is 6.54 Å². The Morgan fingerprint density at radius 1 is 0.771 bits per heavy atom. The fourth-order valence-corrected chi connectivity index (χ4v) is 5.18. The molecular formula is C28H35F3N4. The standard InChI is InChI=1S/C28H35F3N4/c1-27(2)12-19(22(16-32)20(13-27)24(29)18-34)10-8-6-5-7-9-11-35-25-15-28(3,4)14-21(26(30)31)23(25)17-33/h35H,5-15H2,1-4H3/b24-20+. The fraction of sp³-hybridized carbons (Fsp3) is 0.607. The average Bonchev–Trinajstić information content (AvgIpc) is 2.78. The van der Waals surface area contributed by atoms with E-state index in [-0.39, 0.29) is 34.0 Å². The molecule has 2 rings (SSSR count). The maximum absolute atomic E-state index is 14.1. The Hall–Kier alpha value is -2.98. The first-order chi connectivity index (χ1) is 16.4. The van der Waals surface area contributed by atoms with Gasteiger partial charge in [0.15, 0.2) is 0 Å². The predicted molar refractivity (Wildman–Crippen MR) is 130 cm³/mol. The normalized spacial score (nSPS) is 20.6. The van der Waals surface area contributed by atoms with E-state index < -0.39 is 11.9 Å². The number of allylic oxidation sites excluding steroid dienone is 7. The number of nitrogens with zero attached hydrogens (tertiary/aromatic N) is 3. The molecule has 35 heavy (non-hydrogen) atoms. The van der Waals surface area contributed by atoms with Crippen molar-refractivity contribution in [1.82, 2.24) is 5.32 Å². The summed E-state index contributed by atoms with van der Waals surface area (Å²) in [4.78, 5) is 0. The lowest BCUT2D eigenvalue weighted by molar-refractivity contribution is 0.319. The Bertz CT molecular complexity index is 1060. The molecule has 0 aromatic carbocycles. The SMILES string of the molecule is CC1(C)CC(NCCCCCCCC2=C(C#N)/C(=C(/F)C#N)CC(C)(C)C2)=C(C#N)C(=C(F)F)C1. The zero-order valence-electron chi connectivity index (χ0n) is 21.3. The van der Waals surface area contributed by atoms with Crippen LogP contribution in [-0.4, -0.2) is 6.54 Å². The van der Waals surface area contributed by atoms with E-state index in [1.165, 1.54) is 0 Å². The van der Waals surface area contributed by atoms with E-state index in [0.29, 0.717) is 37.1 Å². The minimum Gasteiger partial charge on any atom is -0.387 e. The van der Waals surface area contributed by atoms with Crippen molar-refractivity contribution in [3.8, 4) is 18.2 Å². The third-order valence-electron chi connectivity index (χ3n) is 6.73. The lowest BCUT2D eigenvalue weighted by Crippen LogP contribution is -2.28. The molecule has 2 aliphatic rings. The number of hydrogen-bond donors (Lipinski definition) is 1. The van der Waals surface area contributed by atoms with Crippen LogP contribution < -0.4 is 5.32 Å². The fourth-order valence-electron chi connectivity index (χ4n) is 5.18. The molecule has 0 radical (unpaired) electrons. The van der Waals surface area contributed by atoms with Gasteiger partial charge in [-0.15, -0.1) is 0 Å². The van der Waals surface area contributed by atoms with Gasteiger partial charge < -0.3 is 5.32 Å². The van der Waals surface area contributed by atoms with E-state index in [2.05, 4.69) is 11.4 Å². The zero-order valence-corrected chi connectivity index (χ0v) is 21.3. The summed E-state index contributed by atoms with van der Waals surface area (Å²) in [6.07, 6.45) is 5.46. The van der Waals surface area contributed by atoms with Gasteiger partial charge in [0.1, 0.15) is 12.1 Å². The molecule has 188 valence electrons. The van der Waals surface area contributed by atoms with Gasteiger partial charge in [0.2, 0.25) is 5.83 Å². The molecule has 0 aromatic rings. The van der Waals surface area contributed by atoms with Crippen molar-refractivity contribution < 1.29 is 13.2 Å². The summed E-state index contributed by atoms with van der Waals surface area (Å²) in [6, 6.07) is 5.64. The first-order valence-electron chi connectivity index (χ1n) is 12.3. The van der Waals surface area contributed by atoms with Crippen LogP contribution in [0.15, 0.2) is 45.5 Å². The summed E-state index contributed by atoms with van der Waals surface area (Å²) < 4.78 is 40.8. The summed E-state index contributed by atoms with van der Waals surface area (Å²) in [5.74, 6) is -0.854. The highest BCUT2D eigenvalue weighted by Gasteiger charge is 2.34. The van der Waals surface area contributed by atoms with Crippen molar-refractivity contribution >= 4 is 0 Å². The van der Waals surface area contributed by atoms with E-state index in [4.69, 9.17) is 5.26 Å². The third-order valence-corrected chi connectivity index (χ3v) is 6.73. The first-order valence-corrected chi connectivity index (χ1v) is 12.3. The van der Waals surface area contributed by atoms with Crippen molar-refractivity contribution in [3.63, 3.8) is 0 Å². The highest BCUT2D eigenvalue weighted by Crippen LogP contribution is 2.45. The van der Waals surface area contributed by atoms with Crippen LogP contribution in [0.1, 0.15) is 91.9 Å². The van der Waals surface area contributed by atoms with Crippen LogP contribution in [0.2, 0.25) is 0 Å². The van der Waals surface area contributed by atoms with Crippen LogP contribution in [0, 0.1) is 44.8 Å². The van der Waals surface area contributed by atoms with Gasteiger partial charge in [0.25, 0.3) is 6.08 Å². The number of rotatable bonds is 9. The number of unbranched alkanes of at least 4 members (excludes halogenated alkanes) is 4. The Morgan fingerprint density at radius 3 is 1.94 bits per heavy atom. The van der Waals surface area contributed by atoms with Gasteiger partial charge in [-0.2, -0.15) is 29.0 Å². The second-order valence-corrected chi connectivity index (χ2v) is 11.2. The van der Waals surface area contributed by atoms with Crippen LogP contribution >= 0.6 is 0 Å². The molecular weight excluding hydrogens is 449 g/mol. The molecule has 1 N–H and O–H groups in total. The van der Waals surface area contributed by atoms with Crippen LogP contribution in [0.5, 0.6) is 0 Å². The summed E-state index contributed by atoms with van der Waals surface area (Å²) in [5.41, 5.74) is 1.57. The smallest absolute Gasteiger partial charge is 0.274 e. The van der Waals surface area contributed by atoms with Crippen LogP contribution in [0.3, 0.4) is 0 Å². The van der Waals surface area contributed by atoms with E-state index in [0.717, 1.165) is 44.1 Å². The van der Waals surface area contributed by atoms with Gasteiger partial charge in [-0.25, -0.2) is 0 Å². The molecule has 0 unspecified atom stereocenters. The second-order valence-electron chi connectivity index (χ2n) is 11.2. The lowest BCUT2D eigenvalue weighted by atomic mass is 9.71. The molecule has 0 amide bonds. The molecule has 0 saturated heterocycles. The van der Waals surface area contributed by atoms with E-state index >= 15 is 0 Å². The van der Waals surface area contributed by atoms with Gasteiger partial charge in [0.05, 0.1) is 17.2 Å². The van der Waals surface area contributed by atoms with Crippen LogP contribution in [-0.2, 0) is 0 Å². The average molecular weight is 485 g/mol. The summed E-state index contributed by atoms with van der Waals surface area (Å²) in [6.45, 7) is 8.54. The summed E-state index contributed by atoms with van der Waals surface area (Å²) in [7, 11) is 0. The maximum Gasteiger partial charge on any atom is 0.274 e. The van der Waals surface area contributed by atoms with Crippen molar-refractivity contribution in [3.05, 3.63) is 45.5 Å². The van der Waals surface area contributed by atoms with E-state index in [1.807, 2.05) is 33.8 Å². The van der Waals surface area contributed by atoms with Gasteiger partial charge in [0, 0.05) is 23.4 Å². The maximum atomic E-state index is 14.1. The van der Waals surface area contributed by atoms with E-state index in [9.17, 15) is 23.7 Å². The molecule has 0 fully saturated rings. The molecule has 2 aliphatic carbocycles. The van der Waals surface area contributed by atoms with Gasteiger partial charge in [-0.1, -0.05) is 52.5 Å². The predicted octanol–water partition coefficient (Wildman–Crippen LogP) is 8.05. The second kappa shape index (κ2) is 12.1. The van der Waals surface area contributed by atoms with Gasteiger partial charge in [-0.3, -0.25) is 0 Å². The number of nitriles is 3. The van der Waals surface area contributed by atoms with Gasteiger partial charge in [-0.05, 0) is 55.8 Å². The third kappa shape index (κ3) is 7.76. The molecule has 7 heteroatoms. The molecule has 0 aliphatic heterocycles. The quantitative estimate of drug-likeness (QED) is 0.265. The zero-order chi connectivity index (χ0) is 26.2. The van der Waals surface area contributed by atoms with Gasteiger partial charge >= 0.3 is 0 Å². The summed E-state index contributed by atoms with van der Waals surface area (Å²) in [5, 5.41) is 31.2. The van der Waals surface area contributed by atoms with Crippen LogP contribution in [0.4, 0.5) is 13.2 Å². The molecule has 0 spiro atoms. The molecule has 0 aromatic heterocycles. The topological polar surface area (TPSA) is 83.4 Å².